The average molecular weight is 373 g/mol. The highest BCUT2D eigenvalue weighted by atomic mass is 79.9. The molecular formula is C14H14BrFN2O2S. The first-order valence-electron chi connectivity index (χ1n) is 6.27. The number of carboxylic acid groups (broad SMARTS) is 1. The van der Waals surface area contributed by atoms with Crippen molar-refractivity contribution >= 4 is 33.7 Å². The van der Waals surface area contributed by atoms with Crippen molar-refractivity contribution in [2.24, 2.45) is 0 Å². The van der Waals surface area contributed by atoms with E-state index in [1.54, 1.807) is 12.3 Å². The van der Waals surface area contributed by atoms with Crippen LogP contribution in [0.4, 0.5) is 4.39 Å². The third-order valence-electron chi connectivity index (χ3n) is 2.82. The lowest BCUT2D eigenvalue weighted by Crippen LogP contribution is -2.06. The van der Waals surface area contributed by atoms with E-state index in [1.807, 2.05) is 18.4 Å². The zero-order valence-corrected chi connectivity index (χ0v) is 13.9. The molecule has 0 aliphatic rings. The van der Waals surface area contributed by atoms with Crippen molar-refractivity contribution in [1.82, 2.24) is 9.55 Å². The monoisotopic (exact) mass is 372 g/mol. The number of thioether (sulfide) groups is 1. The number of nitrogens with zero attached hydrogens (tertiary/aromatic N) is 2. The fraction of sp³-hybridized carbons (Fsp3) is 0.286. The molecule has 0 unspecified atom stereocenters. The summed E-state index contributed by atoms with van der Waals surface area (Å²) in [6.45, 7) is 4.05. The van der Waals surface area contributed by atoms with Gasteiger partial charge in [0.05, 0.1) is 17.6 Å². The van der Waals surface area contributed by atoms with Crippen molar-refractivity contribution in [2.45, 2.75) is 24.9 Å². The van der Waals surface area contributed by atoms with Crippen molar-refractivity contribution < 1.29 is 14.3 Å². The lowest BCUT2D eigenvalue weighted by atomic mass is 10.1. The molecule has 2 rings (SSSR count). The zero-order chi connectivity index (χ0) is 15.6. The SMILES string of the molecule is CC(C)c1cnc(SCC(=O)O)n1-c1ccc(F)cc1Br. The van der Waals surface area contributed by atoms with Crippen LogP contribution in [-0.4, -0.2) is 26.4 Å². The third-order valence-corrected chi connectivity index (χ3v) is 4.40. The van der Waals surface area contributed by atoms with Gasteiger partial charge in [-0.3, -0.25) is 9.36 Å². The molecule has 0 spiro atoms. The first-order valence-corrected chi connectivity index (χ1v) is 8.05. The van der Waals surface area contributed by atoms with Crippen LogP contribution in [0, 0.1) is 5.82 Å². The van der Waals surface area contributed by atoms with E-state index in [0.29, 0.717) is 9.63 Å². The highest BCUT2D eigenvalue weighted by Crippen LogP contribution is 2.31. The molecule has 2 aromatic rings. The molecule has 4 nitrogen and oxygen atoms in total. The topological polar surface area (TPSA) is 55.1 Å². The smallest absolute Gasteiger partial charge is 0.313 e. The Morgan fingerprint density at radius 3 is 2.81 bits per heavy atom. The zero-order valence-electron chi connectivity index (χ0n) is 11.5. The summed E-state index contributed by atoms with van der Waals surface area (Å²) in [5.74, 6) is -1.11. The Morgan fingerprint density at radius 1 is 1.52 bits per heavy atom. The molecule has 0 radical (unpaired) electrons. The van der Waals surface area contributed by atoms with E-state index in [1.165, 1.54) is 12.1 Å². The normalized spacial score (nSPS) is 11.1. The maximum absolute atomic E-state index is 13.3. The second-order valence-electron chi connectivity index (χ2n) is 4.73. The Morgan fingerprint density at radius 2 is 2.24 bits per heavy atom. The van der Waals surface area contributed by atoms with Crippen molar-refractivity contribution in [2.75, 3.05) is 5.75 Å². The van der Waals surface area contributed by atoms with E-state index < -0.39 is 5.97 Å². The van der Waals surface area contributed by atoms with Gasteiger partial charge in [-0.05, 0) is 40.0 Å². The summed E-state index contributed by atoms with van der Waals surface area (Å²) < 4.78 is 15.7. The van der Waals surface area contributed by atoms with E-state index in [9.17, 15) is 9.18 Å². The summed E-state index contributed by atoms with van der Waals surface area (Å²) in [5.41, 5.74) is 1.68. The van der Waals surface area contributed by atoms with Crippen LogP contribution < -0.4 is 0 Å². The average Bonchev–Trinajstić information content (AvgIpc) is 2.80. The number of hydrogen-bond donors (Lipinski definition) is 1. The van der Waals surface area contributed by atoms with Gasteiger partial charge < -0.3 is 5.11 Å². The van der Waals surface area contributed by atoms with Gasteiger partial charge in [-0.1, -0.05) is 25.6 Å². The second kappa shape index (κ2) is 6.62. The summed E-state index contributed by atoms with van der Waals surface area (Å²) in [6, 6.07) is 4.40. The van der Waals surface area contributed by atoms with Gasteiger partial charge in [0.25, 0.3) is 0 Å². The largest absolute Gasteiger partial charge is 0.481 e. The number of benzene rings is 1. The van der Waals surface area contributed by atoms with Gasteiger partial charge in [0.15, 0.2) is 5.16 Å². The van der Waals surface area contributed by atoms with Crippen LogP contribution in [0.1, 0.15) is 25.5 Å². The predicted octanol–water partition coefficient (Wildman–Crippen LogP) is 4.07. The van der Waals surface area contributed by atoms with Gasteiger partial charge in [-0.2, -0.15) is 0 Å². The standard InChI is InChI=1S/C14H14BrFN2O2S/c1-8(2)12-6-17-14(21-7-13(19)20)18(12)11-4-3-9(16)5-10(11)15/h3-6,8H,7H2,1-2H3,(H,19,20). The fourth-order valence-corrected chi connectivity index (χ4v) is 3.13. The van der Waals surface area contributed by atoms with Gasteiger partial charge in [0.2, 0.25) is 0 Å². The molecule has 21 heavy (non-hydrogen) atoms. The number of aromatic nitrogens is 2. The first-order chi connectivity index (χ1) is 9.90. The Labute approximate surface area is 134 Å². The number of hydrogen-bond acceptors (Lipinski definition) is 3. The number of carbonyl (C=O) groups is 1. The molecule has 0 aliphatic carbocycles. The van der Waals surface area contributed by atoms with Gasteiger partial charge in [0.1, 0.15) is 5.82 Å². The van der Waals surface area contributed by atoms with E-state index in [4.69, 9.17) is 5.11 Å². The number of halogens is 2. The third kappa shape index (κ3) is 3.65. The summed E-state index contributed by atoms with van der Waals surface area (Å²) in [4.78, 5) is 15.1. The summed E-state index contributed by atoms with van der Waals surface area (Å²) in [5, 5.41) is 9.40. The van der Waals surface area contributed by atoms with Gasteiger partial charge >= 0.3 is 5.97 Å². The molecule has 1 N–H and O–H groups in total. The minimum Gasteiger partial charge on any atom is -0.481 e. The van der Waals surface area contributed by atoms with Crippen LogP contribution in [0.2, 0.25) is 0 Å². The van der Waals surface area contributed by atoms with E-state index in [2.05, 4.69) is 20.9 Å². The molecule has 0 saturated carbocycles. The minimum absolute atomic E-state index is 0.0760. The molecule has 0 saturated heterocycles. The van der Waals surface area contributed by atoms with Crippen LogP contribution in [0.5, 0.6) is 0 Å². The summed E-state index contributed by atoms with van der Waals surface area (Å²) in [7, 11) is 0. The van der Waals surface area contributed by atoms with Crippen LogP contribution in [0.3, 0.4) is 0 Å². The van der Waals surface area contributed by atoms with Gasteiger partial charge in [0, 0.05) is 10.2 Å². The van der Waals surface area contributed by atoms with Crippen molar-refractivity contribution in [3.8, 4) is 5.69 Å². The van der Waals surface area contributed by atoms with Crippen LogP contribution in [0.25, 0.3) is 5.69 Å². The molecule has 0 amide bonds. The number of carboxylic acids is 1. The molecule has 1 aromatic carbocycles. The first kappa shape index (κ1) is 16.0. The molecule has 112 valence electrons. The van der Waals surface area contributed by atoms with Gasteiger partial charge in [-0.15, -0.1) is 0 Å². The number of imidazole rings is 1. The lowest BCUT2D eigenvalue weighted by molar-refractivity contribution is -0.133. The number of aliphatic carboxylic acids is 1. The van der Waals surface area contributed by atoms with Crippen molar-refractivity contribution in [1.29, 1.82) is 0 Å². The molecule has 1 heterocycles. The molecule has 0 fully saturated rings. The maximum atomic E-state index is 13.3. The Kier molecular flexibility index (Phi) is 5.05. The number of rotatable bonds is 5. The summed E-state index contributed by atoms with van der Waals surface area (Å²) >= 11 is 4.49. The molecule has 0 atom stereocenters. The Balaban J connectivity index is 2.52. The molecular weight excluding hydrogens is 359 g/mol. The van der Waals surface area contributed by atoms with E-state index in [0.717, 1.165) is 23.1 Å². The Hall–Kier alpha value is -1.34. The quantitative estimate of drug-likeness (QED) is 0.803. The molecule has 0 aliphatic heterocycles. The lowest BCUT2D eigenvalue weighted by Gasteiger charge is -2.15. The van der Waals surface area contributed by atoms with Crippen LogP contribution in [0.15, 0.2) is 34.0 Å². The predicted molar refractivity (Wildman–Crippen MR) is 83.7 cm³/mol. The van der Waals surface area contributed by atoms with Crippen molar-refractivity contribution in [3.63, 3.8) is 0 Å². The fourth-order valence-electron chi connectivity index (χ4n) is 1.89. The summed E-state index contributed by atoms with van der Waals surface area (Å²) in [6.07, 6.45) is 1.73. The van der Waals surface area contributed by atoms with Crippen LogP contribution in [-0.2, 0) is 4.79 Å². The van der Waals surface area contributed by atoms with Crippen LogP contribution >= 0.6 is 27.7 Å². The Bertz CT molecular complexity index is 673. The minimum atomic E-state index is -0.904. The van der Waals surface area contributed by atoms with Crippen molar-refractivity contribution in [3.05, 3.63) is 40.4 Å². The van der Waals surface area contributed by atoms with Gasteiger partial charge in [-0.25, -0.2) is 9.37 Å². The van der Waals surface area contributed by atoms with E-state index >= 15 is 0 Å². The highest BCUT2D eigenvalue weighted by Gasteiger charge is 2.17. The molecule has 7 heteroatoms. The second-order valence-corrected chi connectivity index (χ2v) is 6.53. The molecule has 1 aromatic heterocycles. The van der Waals surface area contributed by atoms with E-state index in [-0.39, 0.29) is 17.5 Å². The highest BCUT2D eigenvalue weighted by molar-refractivity contribution is 9.10. The molecule has 0 bridgehead atoms. The maximum Gasteiger partial charge on any atom is 0.313 e.